The van der Waals surface area contributed by atoms with Crippen LogP contribution in [0, 0.1) is 6.92 Å². The molecule has 4 nitrogen and oxygen atoms in total. The molecule has 0 aliphatic heterocycles. The van der Waals surface area contributed by atoms with Crippen molar-refractivity contribution in [1.82, 2.24) is 9.38 Å². The van der Waals surface area contributed by atoms with Gasteiger partial charge in [0.05, 0.1) is 27.0 Å². The van der Waals surface area contributed by atoms with Crippen LogP contribution in [0.2, 0.25) is 10.0 Å². The monoisotopic (exact) mass is 334 g/mol. The van der Waals surface area contributed by atoms with E-state index in [4.69, 9.17) is 27.9 Å². The Morgan fingerprint density at radius 1 is 1.23 bits per heavy atom. The zero-order chi connectivity index (χ0) is 15.7. The number of rotatable bonds is 3. The first-order chi connectivity index (χ1) is 10.6. The van der Waals surface area contributed by atoms with E-state index in [2.05, 4.69) is 4.98 Å². The lowest BCUT2D eigenvalue weighted by Gasteiger charge is -2.06. The predicted molar refractivity (Wildman–Crippen MR) is 85.5 cm³/mol. The van der Waals surface area contributed by atoms with Crippen LogP contribution in [0.4, 0.5) is 0 Å². The van der Waals surface area contributed by atoms with Crippen LogP contribution in [0.5, 0.6) is 0 Å². The lowest BCUT2D eigenvalue weighted by molar-refractivity contribution is 0.0466. The minimum absolute atomic E-state index is 0.135. The van der Waals surface area contributed by atoms with Crippen molar-refractivity contribution in [2.45, 2.75) is 13.5 Å². The third kappa shape index (κ3) is 2.80. The van der Waals surface area contributed by atoms with Crippen molar-refractivity contribution in [3.8, 4) is 0 Å². The number of nitrogens with zero attached hydrogens (tertiary/aromatic N) is 2. The number of esters is 1. The number of hydrogen-bond acceptors (Lipinski definition) is 3. The number of aryl methyl sites for hydroxylation is 1. The Labute approximate surface area is 137 Å². The molecule has 112 valence electrons. The lowest BCUT2D eigenvalue weighted by atomic mass is 10.2. The van der Waals surface area contributed by atoms with Gasteiger partial charge < -0.3 is 9.14 Å². The van der Waals surface area contributed by atoms with Gasteiger partial charge in [-0.25, -0.2) is 9.78 Å². The Kier molecular flexibility index (Phi) is 4.05. The molecule has 0 spiro atoms. The normalized spacial score (nSPS) is 10.9. The Morgan fingerprint density at radius 2 is 2.05 bits per heavy atom. The van der Waals surface area contributed by atoms with E-state index in [0.717, 1.165) is 17.0 Å². The molecule has 0 amide bonds. The van der Waals surface area contributed by atoms with E-state index >= 15 is 0 Å². The molecule has 2 aromatic heterocycles. The molecule has 1 aromatic carbocycles. The molecule has 0 radical (unpaired) electrons. The van der Waals surface area contributed by atoms with Crippen molar-refractivity contribution in [3.05, 3.63) is 69.6 Å². The first-order valence-corrected chi connectivity index (χ1v) is 7.36. The molecule has 2 heterocycles. The van der Waals surface area contributed by atoms with Crippen molar-refractivity contribution in [3.63, 3.8) is 0 Å². The average Bonchev–Trinajstić information content (AvgIpc) is 2.83. The zero-order valence-corrected chi connectivity index (χ0v) is 13.2. The first-order valence-electron chi connectivity index (χ1n) is 6.61. The van der Waals surface area contributed by atoms with Gasteiger partial charge in [-0.3, -0.25) is 0 Å². The average molecular weight is 335 g/mol. The summed E-state index contributed by atoms with van der Waals surface area (Å²) < 4.78 is 7.26. The number of pyridine rings is 1. The second-order valence-corrected chi connectivity index (χ2v) is 5.59. The van der Waals surface area contributed by atoms with Crippen LogP contribution < -0.4 is 0 Å². The maximum Gasteiger partial charge on any atom is 0.338 e. The van der Waals surface area contributed by atoms with E-state index in [-0.39, 0.29) is 6.61 Å². The highest BCUT2D eigenvalue weighted by molar-refractivity contribution is 6.42. The molecule has 0 aliphatic rings. The van der Waals surface area contributed by atoms with Crippen molar-refractivity contribution in [2.75, 3.05) is 0 Å². The summed E-state index contributed by atoms with van der Waals surface area (Å²) in [6, 6.07) is 10.4. The van der Waals surface area contributed by atoms with Crippen LogP contribution >= 0.6 is 23.2 Å². The maximum atomic E-state index is 12.1. The minimum atomic E-state index is -0.455. The number of aromatic nitrogens is 2. The van der Waals surface area contributed by atoms with E-state index in [1.54, 1.807) is 12.1 Å². The van der Waals surface area contributed by atoms with Crippen molar-refractivity contribution in [1.29, 1.82) is 0 Å². The Morgan fingerprint density at radius 3 is 2.82 bits per heavy atom. The molecule has 0 fully saturated rings. The molecule has 0 saturated carbocycles. The van der Waals surface area contributed by atoms with E-state index < -0.39 is 5.97 Å². The van der Waals surface area contributed by atoms with Gasteiger partial charge in [-0.1, -0.05) is 29.3 Å². The highest BCUT2D eigenvalue weighted by Crippen LogP contribution is 2.23. The largest absolute Gasteiger partial charge is 0.456 e. The van der Waals surface area contributed by atoms with Crippen LogP contribution in [-0.2, 0) is 11.3 Å². The molecule has 0 unspecified atom stereocenters. The Hall–Kier alpha value is -2.04. The quantitative estimate of drug-likeness (QED) is 0.670. The van der Waals surface area contributed by atoms with Crippen molar-refractivity contribution >= 4 is 34.8 Å². The summed E-state index contributed by atoms with van der Waals surface area (Å²) in [5, 5.41) is 0.720. The number of carbonyl (C=O) groups excluding carboxylic acids is 1. The number of benzene rings is 1. The molecule has 0 atom stereocenters. The van der Waals surface area contributed by atoms with Gasteiger partial charge in [0.2, 0.25) is 0 Å². The molecule has 22 heavy (non-hydrogen) atoms. The fraction of sp³-hybridized carbons (Fsp3) is 0.125. The third-order valence-corrected chi connectivity index (χ3v) is 4.06. The number of fused-ring (bicyclic) bond motifs is 1. The van der Waals surface area contributed by atoms with Crippen LogP contribution in [0.25, 0.3) is 5.65 Å². The molecule has 0 bridgehead atoms. The van der Waals surface area contributed by atoms with Gasteiger partial charge in [-0.05, 0) is 37.3 Å². The summed E-state index contributed by atoms with van der Waals surface area (Å²) in [7, 11) is 0. The summed E-state index contributed by atoms with van der Waals surface area (Å²) >= 11 is 11.7. The van der Waals surface area contributed by atoms with E-state index in [0.29, 0.717) is 15.6 Å². The van der Waals surface area contributed by atoms with Crippen molar-refractivity contribution < 1.29 is 9.53 Å². The fourth-order valence-corrected chi connectivity index (χ4v) is 2.48. The third-order valence-electron chi connectivity index (χ3n) is 3.32. The second kappa shape index (κ2) is 5.99. The maximum absolute atomic E-state index is 12.1. The molecule has 0 saturated heterocycles. The summed E-state index contributed by atoms with van der Waals surface area (Å²) in [6.07, 6.45) is 1.89. The van der Waals surface area contributed by atoms with Gasteiger partial charge in [-0.2, -0.15) is 0 Å². The Bertz CT molecular complexity index is 858. The van der Waals surface area contributed by atoms with Gasteiger partial charge in [0.25, 0.3) is 0 Å². The number of imidazole rings is 1. The molecule has 0 N–H and O–H groups in total. The molecule has 0 aliphatic carbocycles. The first kappa shape index (κ1) is 14.9. The molecular formula is C16H12Cl2N2O2. The van der Waals surface area contributed by atoms with E-state index in [1.807, 2.05) is 35.7 Å². The van der Waals surface area contributed by atoms with Gasteiger partial charge >= 0.3 is 5.97 Å². The number of halogens is 2. The highest BCUT2D eigenvalue weighted by Gasteiger charge is 2.13. The van der Waals surface area contributed by atoms with E-state index in [1.165, 1.54) is 6.07 Å². The van der Waals surface area contributed by atoms with Crippen LogP contribution in [0.15, 0.2) is 42.6 Å². The molecule has 3 aromatic rings. The fourth-order valence-electron chi connectivity index (χ4n) is 2.18. The number of ether oxygens (including phenoxy) is 1. The SMILES string of the molecule is Cc1nc2ccccn2c1COC(=O)c1ccc(Cl)c(Cl)c1. The van der Waals surface area contributed by atoms with Crippen molar-refractivity contribution in [2.24, 2.45) is 0 Å². The summed E-state index contributed by atoms with van der Waals surface area (Å²) in [5.41, 5.74) is 2.85. The molecular weight excluding hydrogens is 323 g/mol. The smallest absolute Gasteiger partial charge is 0.338 e. The van der Waals surface area contributed by atoms with Crippen LogP contribution in [0.1, 0.15) is 21.7 Å². The summed E-state index contributed by atoms with van der Waals surface area (Å²) in [6.45, 7) is 2.02. The van der Waals surface area contributed by atoms with Gasteiger partial charge in [-0.15, -0.1) is 0 Å². The standard InChI is InChI=1S/C16H12Cl2N2O2/c1-10-14(20-7-3-2-4-15(20)19-10)9-22-16(21)11-5-6-12(17)13(18)8-11/h2-8H,9H2,1H3. The summed E-state index contributed by atoms with van der Waals surface area (Å²) in [5.74, 6) is -0.455. The minimum Gasteiger partial charge on any atom is -0.456 e. The molecule has 3 rings (SSSR count). The highest BCUT2D eigenvalue weighted by atomic mass is 35.5. The van der Waals surface area contributed by atoms with E-state index in [9.17, 15) is 4.79 Å². The van der Waals surface area contributed by atoms with Crippen LogP contribution in [0.3, 0.4) is 0 Å². The number of hydrogen-bond donors (Lipinski definition) is 0. The Balaban J connectivity index is 1.80. The summed E-state index contributed by atoms with van der Waals surface area (Å²) in [4.78, 5) is 16.5. The lowest BCUT2D eigenvalue weighted by Crippen LogP contribution is -2.07. The molecule has 6 heteroatoms. The zero-order valence-electron chi connectivity index (χ0n) is 11.7. The van der Waals surface area contributed by atoms with Crippen LogP contribution in [-0.4, -0.2) is 15.4 Å². The predicted octanol–water partition coefficient (Wildman–Crippen LogP) is 4.31. The second-order valence-electron chi connectivity index (χ2n) is 4.78. The van der Waals surface area contributed by atoms with Gasteiger partial charge in [0.15, 0.2) is 0 Å². The number of carbonyl (C=O) groups is 1. The van der Waals surface area contributed by atoms with Gasteiger partial charge in [0, 0.05) is 6.20 Å². The van der Waals surface area contributed by atoms with Gasteiger partial charge in [0.1, 0.15) is 12.3 Å². The topological polar surface area (TPSA) is 43.6 Å².